The van der Waals surface area contributed by atoms with Crippen LogP contribution in [0.4, 0.5) is 0 Å². The highest BCUT2D eigenvalue weighted by Gasteiger charge is 2.29. The Kier molecular flexibility index (Phi) is 18.5. The van der Waals surface area contributed by atoms with Crippen molar-refractivity contribution < 1.29 is 0 Å². The van der Waals surface area contributed by atoms with Gasteiger partial charge >= 0.3 is 0 Å². The van der Waals surface area contributed by atoms with Crippen molar-refractivity contribution in [2.24, 2.45) is 5.41 Å². The van der Waals surface area contributed by atoms with E-state index in [4.69, 9.17) is 11.6 Å². The van der Waals surface area contributed by atoms with E-state index in [1.54, 1.807) is 0 Å². The number of rotatable bonds is 21. The molecule has 0 spiro atoms. The summed E-state index contributed by atoms with van der Waals surface area (Å²) < 4.78 is 0. The first-order valence-corrected chi connectivity index (χ1v) is 17.1. The molecule has 1 saturated heterocycles. The van der Waals surface area contributed by atoms with E-state index in [0.717, 1.165) is 10.6 Å². The molecule has 0 aliphatic carbocycles. The maximum Gasteiger partial charge on any atom is 0.0478 e. The fraction of sp³-hybridized carbons (Fsp3) is 0.778. The molecule has 1 aromatic rings. The van der Waals surface area contributed by atoms with Gasteiger partial charge in [0.1, 0.15) is 0 Å². The van der Waals surface area contributed by atoms with Crippen LogP contribution in [0.5, 0.6) is 0 Å². The van der Waals surface area contributed by atoms with E-state index in [2.05, 4.69) is 50.0 Å². The normalized spacial score (nSPS) is 18.3. The van der Waals surface area contributed by atoms with Gasteiger partial charge in [-0.1, -0.05) is 172 Å². The van der Waals surface area contributed by atoms with E-state index in [9.17, 15) is 0 Å². The molecule has 0 amide bonds. The number of nitrogens with zero attached hydrogens (tertiary/aromatic N) is 1. The molecule has 1 aliphatic heterocycles. The van der Waals surface area contributed by atoms with E-state index in [-0.39, 0.29) is 0 Å². The van der Waals surface area contributed by atoms with Crippen LogP contribution in [0.15, 0.2) is 30.3 Å². The standard InChI is InChI=1S/C36H62ClN/c1-4-5-6-7-8-9-10-11-12-13-14-15-16-17-18-19-20-23-30-38-31-24-29-36(2,3)32-34(38)28-27-33-25-21-22-26-35(33)37/h21-22,25-28,34H,4-20,23-24,29-32H2,1-3H3/b28-27+. The van der Waals surface area contributed by atoms with Crippen molar-refractivity contribution in [1.82, 2.24) is 4.90 Å². The number of hydrogen-bond donors (Lipinski definition) is 0. The Hall–Kier alpha value is -0.790. The van der Waals surface area contributed by atoms with Gasteiger partial charge in [-0.15, -0.1) is 0 Å². The summed E-state index contributed by atoms with van der Waals surface area (Å²) in [6, 6.07) is 8.74. The van der Waals surface area contributed by atoms with Crippen molar-refractivity contribution >= 4 is 17.7 Å². The maximum absolute atomic E-state index is 6.42. The van der Waals surface area contributed by atoms with Gasteiger partial charge in [-0.05, 0) is 55.8 Å². The molecule has 1 unspecified atom stereocenters. The minimum Gasteiger partial charge on any atom is -0.297 e. The average molecular weight is 544 g/mol. The van der Waals surface area contributed by atoms with Crippen molar-refractivity contribution in [2.45, 2.75) is 162 Å². The second-order valence-corrected chi connectivity index (χ2v) is 13.4. The minimum atomic E-state index is 0.415. The lowest BCUT2D eigenvalue weighted by molar-refractivity contribution is 0.206. The molecule has 1 aliphatic rings. The van der Waals surface area contributed by atoms with Crippen molar-refractivity contribution in [2.75, 3.05) is 13.1 Å². The Balaban J connectivity index is 1.51. The van der Waals surface area contributed by atoms with Gasteiger partial charge in [-0.2, -0.15) is 0 Å². The summed E-state index contributed by atoms with van der Waals surface area (Å²) >= 11 is 6.42. The summed E-state index contributed by atoms with van der Waals surface area (Å²) in [5, 5.41) is 0.853. The molecular weight excluding hydrogens is 482 g/mol. The van der Waals surface area contributed by atoms with Crippen LogP contribution in [-0.4, -0.2) is 24.0 Å². The fourth-order valence-electron chi connectivity index (χ4n) is 6.23. The summed E-state index contributed by atoms with van der Waals surface area (Å²) in [5.74, 6) is 0. The number of unbranched alkanes of at least 4 members (excludes halogenated alkanes) is 17. The average Bonchev–Trinajstić information content (AvgIpc) is 3.04. The van der Waals surface area contributed by atoms with Crippen molar-refractivity contribution in [3.63, 3.8) is 0 Å². The summed E-state index contributed by atoms with van der Waals surface area (Å²) in [7, 11) is 0. The predicted molar refractivity (Wildman–Crippen MR) is 172 cm³/mol. The Bertz CT molecular complexity index is 724. The molecule has 0 aromatic heterocycles. The second kappa shape index (κ2) is 21.0. The molecule has 1 fully saturated rings. The molecule has 2 rings (SSSR count). The van der Waals surface area contributed by atoms with Crippen LogP contribution in [-0.2, 0) is 0 Å². The lowest BCUT2D eigenvalue weighted by Crippen LogP contribution is -2.35. The summed E-state index contributed by atoms with van der Waals surface area (Å²) in [5.41, 5.74) is 1.56. The molecular formula is C36H62ClN. The Morgan fingerprint density at radius 2 is 1.26 bits per heavy atom. The summed E-state index contributed by atoms with van der Waals surface area (Å²) in [6.45, 7) is 9.68. The number of likely N-dealkylation sites (tertiary alicyclic amines) is 1. The van der Waals surface area contributed by atoms with Gasteiger partial charge in [0.2, 0.25) is 0 Å². The Morgan fingerprint density at radius 1 is 0.763 bits per heavy atom. The number of hydrogen-bond acceptors (Lipinski definition) is 1. The molecule has 218 valence electrons. The van der Waals surface area contributed by atoms with Gasteiger partial charge < -0.3 is 0 Å². The zero-order chi connectivity index (χ0) is 27.3. The van der Waals surface area contributed by atoms with Crippen LogP contribution in [0.1, 0.15) is 161 Å². The zero-order valence-electron chi connectivity index (χ0n) is 25.6. The Morgan fingerprint density at radius 3 is 1.79 bits per heavy atom. The number of benzene rings is 1. The fourth-order valence-corrected chi connectivity index (χ4v) is 6.43. The smallest absolute Gasteiger partial charge is 0.0478 e. The first kappa shape index (κ1) is 33.4. The molecule has 38 heavy (non-hydrogen) atoms. The highest BCUT2D eigenvalue weighted by atomic mass is 35.5. The first-order valence-electron chi connectivity index (χ1n) is 16.7. The van der Waals surface area contributed by atoms with Crippen molar-refractivity contribution in [1.29, 1.82) is 0 Å². The van der Waals surface area contributed by atoms with Gasteiger partial charge in [0.05, 0.1) is 0 Å². The molecule has 0 saturated carbocycles. The van der Waals surface area contributed by atoms with Crippen LogP contribution >= 0.6 is 11.6 Å². The van der Waals surface area contributed by atoms with Gasteiger partial charge in [-0.3, -0.25) is 4.90 Å². The lowest BCUT2D eigenvalue weighted by Gasteiger charge is -2.31. The quantitative estimate of drug-likeness (QED) is 0.139. The molecule has 0 radical (unpaired) electrons. The molecule has 0 N–H and O–H groups in total. The van der Waals surface area contributed by atoms with E-state index >= 15 is 0 Å². The third-order valence-corrected chi connectivity index (χ3v) is 9.08. The summed E-state index contributed by atoms with van der Waals surface area (Å²) in [6.07, 6.45) is 34.5. The summed E-state index contributed by atoms with van der Waals surface area (Å²) in [4.78, 5) is 2.76. The zero-order valence-corrected chi connectivity index (χ0v) is 26.4. The van der Waals surface area contributed by atoms with Gasteiger partial charge in [0, 0.05) is 11.1 Å². The van der Waals surface area contributed by atoms with E-state index in [0.29, 0.717) is 11.5 Å². The first-order chi connectivity index (χ1) is 18.5. The highest BCUT2D eigenvalue weighted by Crippen LogP contribution is 2.34. The van der Waals surface area contributed by atoms with Crippen LogP contribution in [0.3, 0.4) is 0 Å². The highest BCUT2D eigenvalue weighted by molar-refractivity contribution is 6.32. The van der Waals surface area contributed by atoms with Crippen molar-refractivity contribution in [3.8, 4) is 0 Å². The van der Waals surface area contributed by atoms with Crippen LogP contribution in [0.25, 0.3) is 6.08 Å². The maximum atomic E-state index is 6.42. The lowest BCUT2D eigenvalue weighted by atomic mass is 9.82. The molecule has 2 heteroatoms. The Labute approximate surface area is 243 Å². The largest absolute Gasteiger partial charge is 0.297 e. The van der Waals surface area contributed by atoms with E-state index in [1.165, 1.54) is 148 Å². The molecule has 1 aromatic carbocycles. The van der Waals surface area contributed by atoms with E-state index < -0.39 is 0 Å². The van der Waals surface area contributed by atoms with Crippen LogP contribution < -0.4 is 0 Å². The van der Waals surface area contributed by atoms with Crippen LogP contribution in [0.2, 0.25) is 5.02 Å². The SMILES string of the molecule is CCCCCCCCCCCCCCCCCCCCN1CCCC(C)(C)CC1/C=C/c1ccccc1Cl. The monoisotopic (exact) mass is 543 g/mol. The van der Waals surface area contributed by atoms with E-state index in [1.807, 2.05) is 12.1 Å². The molecule has 1 heterocycles. The molecule has 0 bridgehead atoms. The third kappa shape index (κ3) is 15.7. The van der Waals surface area contributed by atoms with Crippen molar-refractivity contribution in [3.05, 3.63) is 40.9 Å². The molecule has 1 nitrogen and oxygen atoms in total. The third-order valence-electron chi connectivity index (χ3n) is 8.73. The van der Waals surface area contributed by atoms with Crippen LogP contribution in [0, 0.1) is 5.41 Å². The van der Waals surface area contributed by atoms with Gasteiger partial charge in [0.25, 0.3) is 0 Å². The predicted octanol–water partition coefficient (Wildman–Crippen LogP) is 12.3. The number of halogens is 1. The van der Waals surface area contributed by atoms with Gasteiger partial charge in [0.15, 0.2) is 0 Å². The topological polar surface area (TPSA) is 3.24 Å². The molecule has 1 atom stereocenters. The van der Waals surface area contributed by atoms with Gasteiger partial charge in [-0.25, -0.2) is 0 Å². The minimum absolute atomic E-state index is 0.415. The second-order valence-electron chi connectivity index (χ2n) is 13.0.